The fourth-order valence-corrected chi connectivity index (χ4v) is 4.56. The van der Waals surface area contributed by atoms with Crippen LogP contribution in [0.2, 0.25) is 0 Å². The third-order valence-electron chi connectivity index (χ3n) is 5.20. The van der Waals surface area contributed by atoms with Crippen LogP contribution in [0.3, 0.4) is 0 Å². The molecule has 3 heterocycles. The Hall–Kier alpha value is -3.00. The minimum Gasteiger partial charge on any atom is -0.454 e. The molecule has 0 saturated carbocycles. The van der Waals surface area contributed by atoms with Gasteiger partial charge in [0.05, 0.1) is 5.36 Å². The molecule has 5 rings (SSSR count). The van der Waals surface area contributed by atoms with E-state index in [-0.39, 0.29) is 12.7 Å². The number of hydrogen-bond acceptors (Lipinski definition) is 7. The number of amidine groups is 1. The number of carbonyl (C=O) groups is 1. The van der Waals surface area contributed by atoms with Crippen LogP contribution in [0, 0.1) is 0 Å². The van der Waals surface area contributed by atoms with Crippen LogP contribution in [0.4, 0.5) is 0 Å². The molecule has 154 valence electrons. The molecule has 1 amide bonds. The molecule has 30 heavy (non-hydrogen) atoms. The Morgan fingerprint density at radius 2 is 2.03 bits per heavy atom. The number of ether oxygens (including phenoxy) is 2. The first kappa shape index (κ1) is 19.0. The summed E-state index contributed by atoms with van der Waals surface area (Å²) < 4.78 is 11.0. The van der Waals surface area contributed by atoms with Crippen LogP contribution in [-0.4, -0.2) is 28.6 Å². The number of carbonyl (C=O) groups excluding carboxylic acids is 1. The molecule has 0 bridgehead atoms. The van der Waals surface area contributed by atoms with Crippen molar-refractivity contribution < 1.29 is 14.3 Å². The Morgan fingerprint density at radius 3 is 2.93 bits per heavy atom. The van der Waals surface area contributed by atoms with Crippen LogP contribution in [0.1, 0.15) is 37.9 Å². The van der Waals surface area contributed by atoms with Gasteiger partial charge in [0.1, 0.15) is 5.70 Å². The van der Waals surface area contributed by atoms with Crippen molar-refractivity contribution in [1.29, 1.82) is 0 Å². The normalized spacial score (nSPS) is 18.9. The quantitative estimate of drug-likeness (QED) is 0.750. The minimum absolute atomic E-state index is 0.156. The van der Waals surface area contributed by atoms with Crippen molar-refractivity contribution in [3.05, 3.63) is 58.6 Å². The Morgan fingerprint density at radius 1 is 1.17 bits per heavy atom. The first-order chi connectivity index (χ1) is 14.7. The van der Waals surface area contributed by atoms with Gasteiger partial charge in [0, 0.05) is 16.5 Å². The number of rotatable bonds is 5. The maximum absolute atomic E-state index is 13.1. The lowest BCUT2D eigenvalue weighted by molar-refractivity contribution is -0.116. The van der Waals surface area contributed by atoms with Crippen LogP contribution in [0.15, 0.2) is 52.6 Å². The second-order valence-corrected chi connectivity index (χ2v) is 8.32. The number of nitrogens with zero attached hydrogens (tertiary/aromatic N) is 3. The van der Waals surface area contributed by atoms with Crippen molar-refractivity contribution in [2.24, 2.45) is 10.1 Å². The summed E-state index contributed by atoms with van der Waals surface area (Å²) in [7, 11) is 0. The number of unbranched alkanes of at least 4 members (excludes halogenated alkanes) is 2. The number of para-hydroxylation sites is 1. The number of hydrazone groups is 1. The van der Waals surface area contributed by atoms with Crippen LogP contribution in [-0.2, 0) is 4.79 Å². The summed E-state index contributed by atoms with van der Waals surface area (Å²) in [6.07, 6.45) is 2.95. The van der Waals surface area contributed by atoms with E-state index in [1.54, 1.807) is 16.8 Å². The number of thioether (sulfide) groups is 1. The average molecular weight is 423 g/mol. The molecule has 3 aliphatic rings. The van der Waals surface area contributed by atoms with E-state index < -0.39 is 6.17 Å². The number of benzene rings is 2. The van der Waals surface area contributed by atoms with Gasteiger partial charge in [-0.05, 0) is 24.6 Å². The summed E-state index contributed by atoms with van der Waals surface area (Å²) >= 11 is 1.57. The SMILES string of the molecule is CCCCCSC1=NN2C(=c3ccccc3=N[C@@H]2c2ccc3c(c2)OCO3)C(=O)N1. The molecule has 0 aromatic heterocycles. The zero-order valence-corrected chi connectivity index (χ0v) is 17.4. The second kappa shape index (κ2) is 8.02. The van der Waals surface area contributed by atoms with E-state index in [0.717, 1.165) is 41.2 Å². The van der Waals surface area contributed by atoms with Gasteiger partial charge < -0.3 is 9.47 Å². The Kier molecular flexibility index (Phi) is 5.08. The fraction of sp³-hybridized carbons (Fsp3) is 0.318. The maximum atomic E-state index is 13.1. The highest BCUT2D eigenvalue weighted by molar-refractivity contribution is 8.13. The van der Waals surface area contributed by atoms with E-state index in [1.807, 2.05) is 42.5 Å². The Labute approximate surface area is 178 Å². The number of amides is 1. The molecule has 0 aliphatic carbocycles. The van der Waals surface area contributed by atoms with Gasteiger partial charge in [0.2, 0.25) is 6.79 Å². The van der Waals surface area contributed by atoms with Crippen LogP contribution >= 0.6 is 11.8 Å². The number of hydrogen-bond donors (Lipinski definition) is 1. The molecule has 0 radical (unpaired) electrons. The molecule has 0 fully saturated rings. The molecule has 8 heteroatoms. The summed E-state index contributed by atoms with van der Waals surface area (Å²) in [6, 6.07) is 13.4. The minimum atomic E-state index is -0.457. The van der Waals surface area contributed by atoms with Gasteiger partial charge in [0.25, 0.3) is 5.91 Å². The van der Waals surface area contributed by atoms with Crippen molar-refractivity contribution in [3.8, 4) is 11.5 Å². The molecule has 1 atom stereocenters. The lowest BCUT2D eigenvalue weighted by Gasteiger charge is -2.34. The smallest absolute Gasteiger partial charge is 0.276 e. The van der Waals surface area contributed by atoms with Gasteiger partial charge in [-0.2, -0.15) is 0 Å². The third kappa shape index (κ3) is 3.41. The topological polar surface area (TPSA) is 75.5 Å². The first-order valence-corrected chi connectivity index (χ1v) is 11.1. The molecule has 1 N–H and O–H groups in total. The van der Waals surface area contributed by atoms with E-state index in [9.17, 15) is 4.79 Å². The predicted octanol–water partition coefficient (Wildman–Crippen LogP) is 2.48. The van der Waals surface area contributed by atoms with Gasteiger partial charge >= 0.3 is 0 Å². The summed E-state index contributed by atoms with van der Waals surface area (Å²) in [4.78, 5) is 18.0. The maximum Gasteiger partial charge on any atom is 0.276 e. The monoisotopic (exact) mass is 422 g/mol. The van der Waals surface area contributed by atoms with E-state index >= 15 is 0 Å². The largest absolute Gasteiger partial charge is 0.454 e. The van der Waals surface area contributed by atoms with Crippen molar-refractivity contribution >= 4 is 28.5 Å². The molecule has 0 spiro atoms. The lowest BCUT2D eigenvalue weighted by atomic mass is 10.1. The first-order valence-electron chi connectivity index (χ1n) is 10.1. The molecule has 0 unspecified atom stereocenters. The van der Waals surface area contributed by atoms with E-state index in [4.69, 9.17) is 19.6 Å². The standard InChI is InChI=1S/C22H22N4O3S/c1-2-3-6-11-30-22-24-21(27)19-15-7-4-5-8-16(15)23-20(26(19)25-22)14-9-10-17-18(12-14)29-13-28-17/h4-5,7-10,12,20H,2-3,6,11,13H2,1H3,(H,24,25,27)/t20-/m0/s1. The summed E-state index contributed by atoms with van der Waals surface area (Å²) in [5.41, 5.74) is 1.40. The van der Waals surface area contributed by atoms with Gasteiger partial charge in [-0.25, -0.2) is 5.01 Å². The third-order valence-corrected chi connectivity index (χ3v) is 6.15. The van der Waals surface area contributed by atoms with Gasteiger partial charge in [-0.15, -0.1) is 5.10 Å². The molecular formula is C22H22N4O3S. The molecular weight excluding hydrogens is 400 g/mol. The van der Waals surface area contributed by atoms with Crippen LogP contribution in [0.25, 0.3) is 5.70 Å². The van der Waals surface area contributed by atoms with Crippen molar-refractivity contribution in [2.45, 2.75) is 32.4 Å². The molecule has 2 aromatic carbocycles. The molecule has 0 saturated heterocycles. The van der Waals surface area contributed by atoms with Gasteiger partial charge in [0.15, 0.2) is 22.8 Å². The van der Waals surface area contributed by atoms with E-state index in [0.29, 0.717) is 22.4 Å². The van der Waals surface area contributed by atoms with E-state index in [1.165, 1.54) is 0 Å². The second-order valence-electron chi connectivity index (χ2n) is 7.24. The summed E-state index contributed by atoms with van der Waals surface area (Å²) in [5.74, 6) is 2.16. The van der Waals surface area contributed by atoms with Gasteiger partial charge in [-0.1, -0.05) is 55.8 Å². The van der Waals surface area contributed by atoms with Crippen molar-refractivity contribution in [3.63, 3.8) is 0 Å². The molecule has 3 aliphatic heterocycles. The highest BCUT2D eigenvalue weighted by Gasteiger charge is 2.35. The summed E-state index contributed by atoms with van der Waals surface area (Å²) in [5, 5.41) is 11.6. The predicted molar refractivity (Wildman–Crippen MR) is 115 cm³/mol. The van der Waals surface area contributed by atoms with Gasteiger partial charge in [-0.3, -0.25) is 15.1 Å². The molecule has 2 aromatic rings. The number of fused-ring (bicyclic) bond motifs is 3. The van der Waals surface area contributed by atoms with Crippen LogP contribution < -0.4 is 25.4 Å². The van der Waals surface area contributed by atoms with Crippen LogP contribution in [0.5, 0.6) is 11.5 Å². The highest BCUT2D eigenvalue weighted by Crippen LogP contribution is 2.38. The molecule has 7 nitrogen and oxygen atoms in total. The van der Waals surface area contributed by atoms with E-state index in [2.05, 4.69) is 12.2 Å². The Balaban J connectivity index is 1.57. The summed E-state index contributed by atoms with van der Waals surface area (Å²) in [6.45, 7) is 2.39. The Bertz CT molecular complexity index is 1150. The number of nitrogens with one attached hydrogen (secondary N) is 1. The zero-order valence-electron chi connectivity index (χ0n) is 16.6. The lowest BCUT2D eigenvalue weighted by Crippen LogP contribution is -2.50. The van der Waals surface area contributed by atoms with Crippen molar-refractivity contribution in [2.75, 3.05) is 12.5 Å². The average Bonchev–Trinajstić information content (AvgIpc) is 3.24. The van der Waals surface area contributed by atoms with Crippen molar-refractivity contribution in [1.82, 2.24) is 10.3 Å². The fourth-order valence-electron chi connectivity index (χ4n) is 3.70. The zero-order chi connectivity index (χ0) is 20.5. The highest BCUT2D eigenvalue weighted by atomic mass is 32.2.